The van der Waals surface area contributed by atoms with Crippen molar-refractivity contribution in [2.45, 2.75) is 247 Å². The molecule has 0 saturated heterocycles. The molecular weight excluding hydrogens is 659 g/mol. The SMILES string of the molecule is C#CC=O.C=C=C(C)CCCCCN(CCO)CCCCCCCC(CCCCCCCC)CCCCCCCC.CCCCCCCCC(C)C1CC1. The second kappa shape index (κ2) is 46.1. The van der Waals surface area contributed by atoms with Crippen molar-refractivity contribution in [2.75, 3.05) is 26.2 Å². The molecule has 3 heteroatoms. The van der Waals surface area contributed by atoms with Crippen LogP contribution in [-0.2, 0) is 4.79 Å². The molecule has 0 amide bonds. The van der Waals surface area contributed by atoms with Gasteiger partial charge in [0, 0.05) is 6.54 Å². The minimum absolute atomic E-state index is 0.289. The van der Waals surface area contributed by atoms with Crippen molar-refractivity contribution in [1.82, 2.24) is 4.90 Å². The molecule has 1 atom stereocenters. The van der Waals surface area contributed by atoms with Gasteiger partial charge in [-0.1, -0.05) is 208 Å². The predicted molar refractivity (Wildman–Crippen MR) is 242 cm³/mol. The minimum atomic E-state index is 0.289. The number of hydrogen-bond acceptors (Lipinski definition) is 3. The van der Waals surface area contributed by atoms with Crippen LogP contribution >= 0.6 is 0 Å². The third-order valence-corrected chi connectivity index (χ3v) is 11.8. The molecule has 0 aromatic heterocycles. The van der Waals surface area contributed by atoms with Gasteiger partial charge in [0.25, 0.3) is 0 Å². The molecule has 0 radical (unpaired) electrons. The summed E-state index contributed by atoms with van der Waals surface area (Å²) >= 11 is 0. The van der Waals surface area contributed by atoms with E-state index in [0.29, 0.717) is 6.29 Å². The van der Waals surface area contributed by atoms with Gasteiger partial charge in [0.1, 0.15) is 0 Å². The van der Waals surface area contributed by atoms with Gasteiger partial charge < -0.3 is 10.0 Å². The van der Waals surface area contributed by atoms with E-state index in [1.807, 2.05) is 0 Å². The van der Waals surface area contributed by atoms with Crippen LogP contribution in [0, 0.1) is 30.1 Å². The zero-order valence-electron chi connectivity index (χ0n) is 37.6. The van der Waals surface area contributed by atoms with E-state index in [1.165, 1.54) is 211 Å². The summed E-state index contributed by atoms with van der Waals surface area (Å²) in [5.74, 6) is 4.89. The maximum absolute atomic E-state index is 9.44. The summed E-state index contributed by atoms with van der Waals surface area (Å²) < 4.78 is 0. The van der Waals surface area contributed by atoms with Gasteiger partial charge in [0.2, 0.25) is 0 Å². The Bertz CT molecular complexity index is 819. The van der Waals surface area contributed by atoms with Crippen molar-refractivity contribution >= 4 is 6.29 Å². The van der Waals surface area contributed by atoms with Gasteiger partial charge in [-0.2, -0.15) is 0 Å². The van der Waals surface area contributed by atoms with E-state index in [2.05, 4.69) is 58.3 Å². The number of rotatable bonds is 38. The van der Waals surface area contributed by atoms with E-state index in [1.54, 1.807) is 5.92 Å². The number of terminal acetylenes is 1. The molecule has 54 heavy (non-hydrogen) atoms. The van der Waals surface area contributed by atoms with Gasteiger partial charge in [0.05, 0.1) is 6.61 Å². The van der Waals surface area contributed by atoms with Crippen LogP contribution in [0.3, 0.4) is 0 Å². The van der Waals surface area contributed by atoms with Crippen LogP contribution in [0.25, 0.3) is 0 Å². The number of carbonyl (C=O) groups is 1. The molecule has 1 saturated carbocycles. The second-order valence-corrected chi connectivity index (χ2v) is 17.0. The summed E-state index contributed by atoms with van der Waals surface area (Å²) in [6.45, 7) is 18.6. The van der Waals surface area contributed by atoms with Crippen LogP contribution in [0.1, 0.15) is 247 Å². The Morgan fingerprint density at radius 3 is 1.39 bits per heavy atom. The molecule has 1 N–H and O–H groups in total. The lowest BCUT2D eigenvalue weighted by atomic mass is 9.89. The van der Waals surface area contributed by atoms with Crippen LogP contribution < -0.4 is 0 Å². The highest BCUT2D eigenvalue weighted by Crippen LogP contribution is 2.38. The lowest BCUT2D eigenvalue weighted by molar-refractivity contribution is -0.103. The molecule has 0 aromatic carbocycles. The zero-order chi connectivity index (χ0) is 40.2. The Morgan fingerprint density at radius 1 is 0.648 bits per heavy atom. The topological polar surface area (TPSA) is 40.5 Å². The maximum Gasteiger partial charge on any atom is 0.192 e. The molecule has 1 unspecified atom stereocenters. The Labute approximate surface area is 340 Å². The standard InChI is InChI=1S/C35H69NO.C13H26.C3H2O/c1-5-8-10-12-15-21-27-35(28-22-16-13-11-9-6-2)29-23-17-14-18-24-30-36(32-33-37)31-25-19-20-26-34(4)7-3;1-3-4-5-6-7-8-9-12(2)13-10-11-13;1-2-3-4/h35,37H,3,5-6,8-33H2,1-2,4H3;12-13H,3-11H2,1-2H3;1,3H. The summed E-state index contributed by atoms with van der Waals surface area (Å²) in [6, 6.07) is 0. The number of unbranched alkanes of at least 4 members (excludes halogenated alkanes) is 21. The maximum atomic E-state index is 9.44. The van der Waals surface area contributed by atoms with E-state index in [4.69, 9.17) is 4.79 Å². The summed E-state index contributed by atoms with van der Waals surface area (Å²) in [4.78, 5) is 11.4. The molecule has 0 bridgehead atoms. The molecule has 1 aliphatic carbocycles. The summed E-state index contributed by atoms with van der Waals surface area (Å²) in [7, 11) is 0. The first-order valence-electron chi connectivity index (χ1n) is 24.0. The summed E-state index contributed by atoms with van der Waals surface area (Å²) in [5, 5.41) is 9.44. The molecule has 0 heterocycles. The first-order valence-corrected chi connectivity index (χ1v) is 24.0. The van der Waals surface area contributed by atoms with Crippen LogP contribution in [0.5, 0.6) is 0 Å². The molecule has 318 valence electrons. The fraction of sp³-hybridized carbons (Fsp3) is 0.882. The third-order valence-electron chi connectivity index (χ3n) is 11.8. The van der Waals surface area contributed by atoms with E-state index in [0.717, 1.165) is 43.8 Å². The van der Waals surface area contributed by atoms with E-state index >= 15 is 0 Å². The zero-order valence-corrected chi connectivity index (χ0v) is 37.6. The van der Waals surface area contributed by atoms with E-state index < -0.39 is 0 Å². The van der Waals surface area contributed by atoms with Crippen LogP contribution in [-0.4, -0.2) is 42.5 Å². The highest BCUT2D eigenvalue weighted by atomic mass is 16.3. The molecule has 1 rings (SSSR count). The Kier molecular flexibility index (Phi) is 46.7. The van der Waals surface area contributed by atoms with Crippen molar-refractivity contribution in [2.24, 2.45) is 17.8 Å². The van der Waals surface area contributed by atoms with Crippen molar-refractivity contribution in [1.29, 1.82) is 0 Å². The number of aldehydes is 1. The summed E-state index contributed by atoms with van der Waals surface area (Å²) in [6.07, 6.45) is 51.5. The number of aliphatic hydroxyl groups excluding tert-OH is 1. The van der Waals surface area contributed by atoms with Crippen molar-refractivity contribution in [3.05, 3.63) is 17.9 Å². The smallest absolute Gasteiger partial charge is 0.192 e. The Morgan fingerprint density at radius 2 is 1.02 bits per heavy atom. The largest absolute Gasteiger partial charge is 0.395 e. The molecule has 0 aromatic rings. The second-order valence-electron chi connectivity index (χ2n) is 17.0. The van der Waals surface area contributed by atoms with Gasteiger partial charge >= 0.3 is 0 Å². The van der Waals surface area contributed by atoms with Gasteiger partial charge in [-0.25, -0.2) is 0 Å². The fourth-order valence-corrected chi connectivity index (χ4v) is 7.77. The predicted octanol–water partition coefficient (Wildman–Crippen LogP) is 15.6. The third kappa shape index (κ3) is 43.4. The van der Waals surface area contributed by atoms with Gasteiger partial charge in [-0.15, -0.1) is 12.2 Å². The monoisotopic (exact) mass is 756 g/mol. The van der Waals surface area contributed by atoms with Crippen LogP contribution in [0.2, 0.25) is 0 Å². The molecule has 0 spiro atoms. The van der Waals surface area contributed by atoms with E-state index in [-0.39, 0.29) is 6.61 Å². The average Bonchev–Trinajstić information content (AvgIpc) is 4.04. The van der Waals surface area contributed by atoms with Crippen molar-refractivity contribution < 1.29 is 9.90 Å². The number of aliphatic hydroxyl groups is 1. The van der Waals surface area contributed by atoms with Crippen LogP contribution in [0.15, 0.2) is 17.9 Å². The minimum Gasteiger partial charge on any atom is -0.395 e. The molecule has 1 aliphatic rings. The first-order chi connectivity index (χ1) is 26.4. The Hall–Kier alpha value is -1.33. The van der Waals surface area contributed by atoms with Crippen molar-refractivity contribution in [3.8, 4) is 12.3 Å². The van der Waals surface area contributed by atoms with Crippen molar-refractivity contribution in [3.63, 3.8) is 0 Å². The van der Waals surface area contributed by atoms with Crippen LogP contribution in [0.4, 0.5) is 0 Å². The van der Waals surface area contributed by atoms with Gasteiger partial charge in [0.15, 0.2) is 6.29 Å². The number of hydrogen-bond donors (Lipinski definition) is 1. The highest BCUT2D eigenvalue weighted by Gasteiger charge is 2.26. The lowest BCUT2D eigenvalue weighted by Crippen LogP contribution is -2.29. The normalized spacial score (nSPS) is 12.7. The fourth-order valence-electron chi connectivity index (χ4n) is 7.77. The van der Waals surface area contributed by atoms with Gasteiger partial charge in [-0.05, 0) is 87.8 Å². The van der Waals surface area contributed by atoms with Gasteiger partial charge in [-0.3, -0.25) is 4.79 Å². The quantitative estimate of drug-likeness (QED) is 0.0295. The number of allylic oxidation sites excluding steroid dienone is 1. The molecule has 0 aliphatic heterocycles. The molecule has 1 fully saturated rings. The number of carbonyl (C=O) groups excluding carboxylic acids is 1. The Balaban J connectivity index is 0. The lowest BCUT2D eigenvalue weighted by Gasteiger charge is -2.21. The molecule has 3 nitrogen and oxygen atoms in total. The molecular formula is C51H97NO2. The first kappa shape index (κ1) is 54.8. The van der Waals surface area contributed by atoms with E-state index in [9.17, 15) is 5.11 Å². The summed E-state index contributed by atoms with van der Waals surface area (Å²) in [5.41, 5.74) is 4.28. The number of nitrogens with zero attached hydrogens (tertiary/aromatic N) is 1. The average molecular weight is 756 g/mol. The highest BCUT2D eigenvalue weighted by molar-refractivity contribution is 5.71.